The van der Waals surface area contributed by atoms with Crippen LogP contribution in [0.3, 0.4) is 0 Å². The molecule has 94 valence electrons. The maximum absolute atomic E-state index is 11.0. The summed E-state index contributed by atoms with van der Waals surface area (Å²) < 4.78 is 2.09. The van der Waals surface area contributed by atoms with Crippen LogP contribution in [0.2, 0.25) is 0 Å². The van der Waals surface area contributed by atoms with Crippen molar-refractivity contribution in [1.82, 2.24) is 9.55 Å². The summed E-state index contributed by atoms with van der Waals surface area (Å²) >= 11 is 0. The van der Waals surface area contributed by atoms with E-state index in [2.05, 4.69) is 16.5 Å². The minimum absolute atomic E-state index is 0.263. The number of nitrogens with zero attached hydrogens (tertiary/aromatic N) is 2. The zero-order chi connectivity index (χ0) is 13.0. The highest BCUT2D eigenvalue weighted by atomic mass is 16.1. The average Bonchev–Trinajstić information content (AvgIpc) is 2.90. The first-order valence-electron chi connectivity index (χ1n) is 6.09. The fourth-order valence-electron chi connectivity index (χ4n) is 2.08. The van der Waals surface area contributed by atoms with Gasteiger partial charge in [0.15, 0.2) is 0 Å². The van der Waals surface area contributed by atoms with E-state index in [1.54, 1.807) is 18.3 Å². The van der Waals surface area contributed by atoms with Crippen molar-refractivity contribution in [3.05, 3.63) is 54.1 Å². The van der Waals surface area contributed by atoms with Crippen molar-refractivity contribution in [3.63, 3.8) is 0 Å². The molecule has 1 aromatic carbocycles. The predicted molar refractivity (Wildman–Crippen MR) is 70.2 cm³/mol. The minimum Gasteiger partial charge on any atom is -0.366 e. The van der Waals surface area contributed by atoms with E-state index < -0.39 is 5.91 Å². The molecule has 0 aliphatic carbocycles. The van der Waals surface area contributed by atoms with Gasteiger partial charge in [0.1, 0.15) is 0 Å². The zero-order valence-corrected chi connectivity index (χ0v) is 10.4. The van der Waals surface area contributed by atoms with Gasteiger partial charge in [0.05, 0.1) is 12.4 Å². The molecule has 0 saturated heterocycles. The Kier molecular flexibility index (Phi) is 3.77. The lowest BCUT2D eigenvalue weighted by Crippen LogP contribution is -2.12. The number of imidazole rings is 1. The molecule has 0 fully saturated rings. The van der Waals surface area contributed by atoms with Crippen LogP contribution in [-0.2, 0) is 0 Å². The van der Waals surface area contributed by atoms with Crippen LogP contribution in [0.1, 0.15) is 41.7 Å². The number of hydrogen-bond donors (Lipinski definition) is 1. The van der Waals surface area contributed by atoms with Gasteiger partial charge >= 0.3 is 0 Å². The van der Waals surface area contributed by atoms with Gasteiger partial charge in [-0.25, -0.2) is 4.98 Å². The molecule has 1 unspecified atom stereocenters. The van der Waals surface area contributed by atoms with Gasteiger partial charge in [-0.1, -0.05) is 25.5 Å². The first kappa shape index (κ1) is 12.4. The normalized spacial score (nSPS) is 12.3. The molecule has 1 atom stereocenters. The molecule has 2 N–H and O–H groups in total. The van der Waals surface area contributed by atoms with Crippen molar-refractivity contribution < 1.29 is 4.79 Å². The van der Waals surface area contributed by atoms with E-state index >= 15 is 0 Å². The molecule has 0 radical (unpaired) electrons. The second-order valence-electron chi connectivity index (χ2n) is 4.30. The largest absolute Gasteiger partial charge is 0.366 e. The monoisotopic (exact) mass is 243 g/mol. The topological polar surface area (TPSA) is 60.9 Å². The molecule has 0 aliphatic rings. The van der Waals surface area contributed by atoms with Crippen LogP contribution in [0.5, 0.6) is 0 Å². The smallest absolute Gasteiger partial charge is 0.248 e. The van der Waals surface area contributed by atoms with E-state index in [4.69, 9.17) is 5.73 Å². The van der Waals surface area contributed by atoms with Gasteiger partial charge in [0, 0.05) is 18.0 Å². The number of nitrogens with two attached hydrogens (primary N) is 1. The SMILES string of the molecule is CCCC(c1ccc(C(N)=O)cc1)n1ccnc1. The molecule has 1 amide bonds. The number of aromatic nitrogens is 2. The number of primary amides is 1. The van der Waals surface area contributed by atoms with Gasteiger partial charge in [-0.05, 0) is 24.1 Å². The van der Waals surface area contributed by atoms with E-state index in [-0.39, 0.29) is 6.04 Å². The maximum Gasteiger partial charge on any atom is 0.248 e. The maximum atomic E-state index is 11.0. The van der Waals surface area contributed by atoms with Crippen molar-refractivity contribution in [1.29, 1.82) is 0 Å². The second-order valence-corrected chi connectivity index (χ2v) is 4.30. The van der Waals surface area contributed by atoms with Gasteiger partial charge in [-0.2, -0.15) is 0 Å². The molecule has 0 aliphatic heterocycles. The summed E-state index contributed by atoms with van der Waals surface area (Å²) in [5.41, 5.74) is 6.95. The van der Waals surface area contributed by atoms with Crippen molar-refractivity contribution >= 4 is 5.91 Å². The number of amides is 1. The summed E-state index contributed by atoms with van der Waals surface area (Å²) in [7, 11) is 0. The Bertz CT molecular complexity index is 502. The Labute approximate surface area is 106 Å². The summed E-state index contributed by atoms with van der Waals surface area (Å²) in [5.74, 6) is -0.392. The second kappa shape index (κ2) is 5.49. The molecule has 1 heterocycles. The molecule has 4 heteroatoms. The number of carbonyl (C=O) groups is 1. The van der Waals surface area contributed by atoms with Crippen LogP contribution in [0.25, 0.3) is 0 Å². The van der Waals surface area contributed by atoms with Gasteiger partial charge in [0.2, 0.25) is 5.91 Å². The molecular weight excluding hydrogens is 226 g/mol. The number of hydrogen-bond acceptors (Lipinski definition) is 2. The summed E-state index contributed by atoms with van der Waals surface area (Å²) in [6.45, 7) is 2.15. The van der Waals surface area contributed by atoms with Crippen LogP contribution in [0.15, 0.2) is 43.0 Å². The third-order valence-electron chi connectivity index (χ3n) is 3.03. The number of carbonyl (C=O) groups excluding carboxylic acids is 1. The zero-order valence-electron chi connectivity index (χ0n) is 10.4. The third kappa shape index (κ3) is 2.59. The number of rotatable bonds is 5. The van der Waals surface area contributed by atoms with E-state index in [1.807, 2.05) is 24.7 Å². The van der Waals surface area contributed by atoms with Crippen molar-refractivity contribution in [2.45, 2.75) is 25.8 Å². The van der Waals surface area contributed by atoms with Gasteiger partial charge in [-0.3, -0.25) is 4.79 Å². The van der Waals surface area contributed by atoms with Crippen LogP contribution < -0.4 is 5.73 Å². The van der Waals surface area contributed by atoms with Crippen molar-refractivity contribution in [3.8, 4) is 0 Å². The quantitative estimate of drug-likeness (QED) is 0.876. The first-order valence-corrected chi connectivity index (χ1v) is 6.09. The standard InChI is InChI=1S/C14H17N3O/c1-2-3-13(17-9-8-16-10-17)11-4-6-12(7-5-11)14(15)18/h4-10,13H,2-3H2,1H3,(H2,15,18). The van der Waals surface area contributed by atoms with Crippen LogP contribution >= 0.6 is 0 Å². The van der Waals surface area contributed by atoms with E-state index in [0.29, 0.717) is 5.56 Å². The fourth-order valence-corrected chi connectivity index (χ4v) is 2.08. The van der Waals surface area contributed by atoms with E-state index in [9.17, 15) is 4.79 Å². The minimum atomic E-state index is -0.392. The highest BCUT2D eigenvalue weighted by Gasteiger charge is 2.12. The molecule has 4 nitrogen and oxygen atoms in total. The molecule has 0 saturated carbocycles. The van der Waals surface area contributed by atoms with Crippen molar-refractivity contribution in [2.24, 2.45) is 5.73 Å². The van der Waals surface area contributed by atoms with Gasteiger partial charge in [0.25, 0.3) is 0 Å². The van der Waals surface area contributed by atoms with Crippen LogP contribution in [0, 0.1) is 0 Å². The van der Waals surface area contributed by atoms with Gasteiger partial charge in [-0.15, -0.1) is 0 Å². The average molecular weight is 243 g/mol. The summed E-state index contributed by atoms with van der Waals surface area (Å²) in [4.78, 5) is 15.1. The Morgan fingerprint density at radius 3 is 2.61 bits per heavy atom. The van der Waals surface area contributed by atoms with E-state index in [1.165, 1.54) is 5.56 Å². The summed E-state index contributed by atoms with van der Waals surface area (Å²) in [5, 5.41) is 0. The Balaban J connectivity index is 2.28. The molecule has 18 heavy (non-hydrogen) atoms. The Morgan fingerprint density at radius 2 is 2.11 bits per heavy atom. The molecule has 2 rings (SSSR count). The molecule has 1 aromatic heterocycles. The van der Waals surface area contributed by atoms with Crippen LogP contribution in [-0.4, -0.2) is 15.5 Å². The van der Waals surface area contributed by atoms with E-state index in [0.717, 1.165) is 12.8 Å². The Hall–Kier alpha value is -2.10. The Morgan fingerprint density at radius 1 is 1.39 bits per heavy atom. The lowest BCUT2D eigenvalue weighted by Gasteiger charge is -2.18. The lowest BCUT2D eigenvalue weighted by atomic mass is 10.0. The third-order valence-corrected chi connectivity index (χ3v) is 3.03. The summed E-state index contributed by atoms with van der Waals surface area (Å²) in [6, 6.07) is 7.73. The highest BCUT2D eigenvalue weighted by molar-refractivity contribution is 5.92. The molecule has 2 aromatic rings. The molecule has 0 spiro atoms. The molecule has 0 bridgehead atoms. The van der Waals surface area contributed by atoms with Gasteiger partial charge < -0.3 is 10.3 Å². The lowest BCUT2D eigenvalue weighted by molar-refractivity contribution is 0.100. The fraction of sp³-hybridized carbons (Fsp3) is 0.286. The highest BCUT2D eigenvalue weighted by Crippen LogP contribution is 2.23. The first-order chi connectivity index (χ1) is 8.72. The van der Waals surface area contributed by atoms with Crippen LogP contribution in [0.4, 0.5) is 0 Å². The summed E-state index contributed by atoms with van der Waals surface area (Å²) in [6.07, 6.45) is 7.68. The molecular formula is C14H17N3O. The number of benzene rings is 1. The predicted octanol–water partition coefficient (Wildman–Crippen LogP) is 2.37. The van der Waals surface area contributed by atoms with Crippen molar-refractivity contribution in [2.75, 3.05) is 0 Å².